The standard InChI is InChI=1S/C36H44FN7O3/c1-36(2,34(38)46)40-28-12-14-29(15-13-28)44-33(45)31-21-27(37)22-39-32(31)43(35(44)47)30-7-4-6-26(20-30)25-10-8-24(9-11-25)23-42-17-5-16-41(3)18-19-42/h4,6-11,20-22,28-29,40H,5,12-19,23H2,1-3H3,(H2,38,46). The number of aromatic nitrogens is 3. The molecule has 0 radical (unpaired) electrons. The molecule has 248 valence electrons. The van der Waals surface area contributed by atoms with E-state index >= 15 is 0 Å². The zero-order valence-corrected chi connectivity index (χ0v) is 27.4. The molecule has 0 bridgehead atoms. The molecule has 4 aromatic rings. The number of primary amides is 1. The summed E-state index contributed by atoms with van der Waals surface area (Å²) in [5.74, 6) is -1.09. The Labute approximate surface area is 274 Å². The van der Waals surface area contributed by atoms with Crippen molar-refractivity contribution in [3.05, 3.63) is 93.0 Å². The lowest BCUT2D eigenvalue weighted by atomic mass is 9.89. The summed E-state index contributed by atoms with van der Waals surface area (Å²) in [5, 5.41) is 3.36. The van der Waals surface area contributed by atoms with Crippen LogP contribution in [0.4, 0.5) is 4.39 Å². The van der Waals surface area contributed by atoms with Crippen molar-refractivity contribution in [2.75, 3.05) is 33.2 Å². The molecule has 3 N–H and O–H groups in total. The molecule has 1 amide bonds. The van der Waals surface area contributed by atoms with Crippen molar-refractivity contribution in [3.63, 3.8) is 0 Å². The second-order valence-electron chi connectivity index (χ2n) is 13.6. The molecule has 1 saturated heterocycles. The van der Waals surface area contributed by atoms with Crippen molar-refractivity contribution in [1.82, 2.24) is 29.2 Å². The highest BCUT2D eigenvalue weighted by Crippen LogP contribution is 2.29. The number of nitrogens with zero attached hydrogens (tertiary/aromatic N) is 5. The van der Waals surface area contributed by atoms with Crippen LogP contribution in [0.1, 0.15) is 57.6 Å². The Hall–Kier alpha value is -4.19. The topological polar surface area (TPSA) is 118 Å². The predicted molar refractivity (Wildman–Crippen MR) is 182 cm³/mol. The maximum Gasteiger partial charge on any atom is 0.337 e. The lowest BCUT2D eigenvalue weighted by molar-refractivity contribution is -0.123. The highest BCUT2D eigenvalue weighted by Gasteiger charge is 2.32. The van der Waals surface area contributed by atoms with Gasteiger partial charge in [-0.1, -0.05) is 36.4 Å². The fraction of sp³-hybridized carbons (Fsp3) is 0.444. The Balaban J connectivity index is 1.30. The molecule has 1 saturated carbocycles. The van der Waals surface area contributed by atoms with E-state index < -0.39 is 28.5 Å². The molecule has 0 unspecified atom stereocenters. The van der Waals surface area contributed by atoms with Gasteiger partial charge >= 0.3 is 5.69 Å². The summed E-state index contributed by atoms with van der Waals surface area (Å²) in [6.45, 7) is 8.72. The molecule has 47 heavy (non-hydrogen) atoms. The largest absolute Gasteiger partial charge is 0.368 e. The Kier molecular flexibility index (Phi) is 9.41. The molecule has 2 fully saturated rings. The molecule has 3 heterocycles. The quantitative estimate of drug-likeness (QED) is 0.300. The van der Waals surface area contributed by atoms with Crippen LogP contribution in [0.2, 0.25) is 0 Å². The summed E-state index contributed by atoms with van der Waals surface area (Å²) < 4.78 is 17.1. The number of carbonyl (C=O) groups is 1. The summed E-state index contributed by atoms with van der Waals surface area (Å²) in [4.78, 5) is 48.9. The van der Waals surface area contributed by atoms with Crippen LogP contribution in [0, 0.1) is 5.82 Å². The molecule has 1 aliphatic carbocycles. The summed E-state index contributed by atoms with van der Waals surface area (Å²) in [5.41, 5.74) is 7.44. The number of halogens is 1. The molecule has 2 aromatic heterocycles. The lowest BCUT2D eigenvalue weighted by Crippen LogP contribution is -2.55. The van der Waals surface area contributed by atoms with Crippen LogP contribution >= 0.6 is 0 Å². The molecule has 0 spiro atoms. The van der Waals surface area contributed by atoms with Crippen LogP contribution in [0.5, 0.6) is 0 Å². The summed E-state index contributed by atoms with van der Waals surface area (Å²) in [6, 6.07) is 16.9. The number of fused-ring (bicyclic) bond motifs is 1. The van der Waals surface area contributed by atoms with Crippen LogP contribution in [0.25, 0.3) is 27.8 Å². The number of hydrogen-bond donors (Lipinski definition) is 2. The van der Waals surface area contributed by atoms with Gasteiger partial charge in [-0.15, -0.1) is 0 Å². The highest BCUT2D eigenvalue weighted by atomic mass is 19.1. The van der Waals surface area contributed by atoms with E-state index in [1.807, 2.05) is 24.3 Å². The first-order valence-corrected chi connectivity index (χ1v) is 16.5. The van der Waals surface area contributed by atoms with Crippen molar-refractivity contribution in [3.8, 4) is 16.8 Å². The summed E-state index contributed by atoms with van der Waals surface area (Å²) in [6.07, 6.45) is 4.56. The summed E-state index contributed by atoms with van der Waals surface area (Å²) in [7, 11) is 2.17. The van der Waals surface area contributed by atoms with Gasteiger partial charge in [0.05, 0.1) is 22.8 Å². The zero-order valence-electron chi connectivity index (χ0n) is 27.4. The van der Waals surface area contributed by atoms with Gasteiger partial charge in [-0.2, -0.15) is 0 Å². The van der Waals surface area contributed by atoms with E-state index in [0.717, 1.165) is 62.5 Å². The number of carbonyl (C=O) groups excluding carboxylic acids is 1. The smallest absolute Gasteiger partial charge is 0.337 e. The normalized spacial score (nSPS) is 19.9. The number of nitrogens with one attached hydrogen (secondary N) is 1. The second-order valence-corrected chi connectivity index (χ2v) is 13.6. The van der Waals surface area contributed by atoms with Crippen LogP contribution in [-0.2, 0) is 11.3 Å². The van der Waals surface area contributed by atoms with E-state index in [9.17, 15) is 18.8 Å². The first-order valence-electron chi connectivity index (χ1n) is 16.5. The molecule has 10 nitrogen and oxygen atoms in total. The Bertz CT molecular complexity index is 1880. The fourth-order valence-electron chi connectivity index (χ4n) is 6.94. The summed E-state index contributed by atoms with van der Waals surface area (Å²) >= 11 is 0. The SMILES string of the molecule is CN1CCCN(Cc2ccc(-c3cccc(-n4c(=O)n(C5CCC(NC(C)(C)C(N)=O)CC5)c(=O)c5cc(F)cnc54)c3)cc2)CC1. The van der Waals surface area contributed by atoms with E-state index in [1.165, 1.54) is 14.7 Å². The first-order chi connectivity index (χ1) is 22.5. The third kappa shape index (κ3) is 7.07. The first kappa shape index (κ1) is 32.7. The van der Waals surface area contributed by atoms with Crippen molar-refractivity contribution in [2.24, 2.45) is 5.73 Å². The number of amides is 1. The van der Waals surface area contributed by atoms with Crippen LogP contribution in [0.3, 0.4) is 0 Å². The van der Waals surface area contributed by atoms with Gasteiger partial charge < -0.3 is 16.0 Å². The molecule has 2 aliphatic rings. The van der Waals surface area contributed by atoms with Crippen molar-refractivity contribution < 1.29 is 9.18 Å². The Morgan fingerprint density at radius 1 is 0.979 bits per heavy atom. The maximum atomic E-state index is 14.5. The predicted octanol–water partition coefficient (Wildman–Crippen LogP) is 3.83. The van der Waals surface area contributed by atoms with Crippen molar-refractivity contribution in [2.45, 2.75) is 70.1 Å². The van der Waals surface area contributed by atoms with Gasteiger partial charge in [0, 0.05) is 31.7 Å². The molecule has 11 heteroatoms. The van der Waals surface area contributed by atoms with Gasteiger partial charge in [0.25, 0.3) is 5.56 Å². The lowest BCUT2D eigenvalue weighted by Gasteiger charge is -2.35. The molecule has 0 atom stereocenters. The molecular weight excluding hydrogens is 597 g/mol. The number of rotatable bonds is 8. The van der Waals surface area contributed by atoms with E-state index in [-0.39, 0.29) is 23.1 Å². The van der Waals surface area contributed by atoms with Crippen molar-refractivity contribution >= 4 is 16.9 Å². The number of nitrogens with two attached hydrogens (primary N) is 1. The molecule has 1 aliphatic heterocycles. The van der Waals surface area contributed by atoms with Crippen molar-refractivity contribution in [1.29, 1.82) is 0 Å². The van der Waals surface area contributed by atoms with Crippen LogP contribution in [0.15, 0.2) is 70.4 Å². The maximum absolute atomic E-state index is 14.5. The van der Waals surface area contributed by atoms with Gasteiger partial charge in [-0.05, 0) is 101 Å². The molecular formula is C36H44FN7O3. The third-order valence-electron chi connectivity index (χ3n) is 9.74. The average molecular weight is 642 g/mol. The van der Waals surface area contributed by atoms with Gasteiger partial charge in [0.1, 0.15) is 5.82 Å². The average Bonchev–Trinajstić information content (AvgIpc) is 3.26. The van der Waals surface area contributed by atoms with E-state index in [0.29, 0.717) is 31.4 Å². The Morgan fingerprint density at radius 3 is 2.45 bits per heavy atom. The number of benzene rings is 2. The van der Waals surface area contributed by atoms with E-state index in [1.54, 1.807) is 13.8 Å². The second kappa shape index (κ2) is 13.5. The Morgan fingerprint density at radius 2 is 1.72 bits per heavy atom. The minimum absolute atomic E-state index is 0.0142. The number of hydrogen-bond acceptors (Lipinski definition) is 7. The molecule has 6 rings (SSSR count). The van der Waals surface area contributed by atoms with Crippen LogP contribution in [-0.4, -0.2) is 74.6 Å². The minimum Gasteiger partial charge on any atom is -0.368 e. The van der Waals surface area contributed by atoms with Gasteiger partial charge in [0.2, 0.25) is 5.91 Å². The highest BCUT2D eigenvalue weighted by molar-refractivity contribution is 5.83. The minimum atomic E-state index is -0.872. The number of likely N-dealkylation sites (N-methyl/N-ethyl adjacent to an activating group) is 1. The monoisotopic (exact) mass is 641 g/mol. The van der Waals surface area contributed by atoms with Gasteiger partial charge in [0.15, 0.2) is 5.65 Å². The number of pyridine rings is 1. The van der Waals surface area contributed by atoms with Crippen LogP contribution < -0.4 is 22.3 Å². The van der Waals surface area contributed by atoms with E-state index in [4.69, 9.17) is 5.73 Å². The zero-order chi connectivity index (χ0) is 33.3. The van der Waals surface area contributed by atoms with E-state index in [2.05, 4.69) is 51.4 Å². The van der Waals surface area contributed by atoms with Gasteiger partial charge in [-0.3, -0.25) is 19.1 Å². The fourth-order valence-corrected chi connectivity index (χ4v) is 6.94. The third-order valence-corrected chi connectivity index (χ3v) is 9.74. The molecule has 2 aromatic carbocycles. The van der Waals surface area contributed by atoms with Gasteiger partial charge in [-0.25, -0.2) is 18.7 Å².